The smallest absolute Gasteiger partial charge is 0.220 e. The van der Waals surface area contributed by atoms with Crippen LogP contribution in [0, 0.1) is 0 Å². The molecule has 1 saturated heterocycles. The lowest BCUT2D eigenvalue weighted by atomic mass is 9.99. The Labute approximate surface area is 502 Å². The van der Waals surface area contributed by atoms with E-state index in [0.29, 0.717) is 6.42 Å². The normalized spacial score (nSPS) is 19.2. The molecule has 1 fully saturated rings. The van der Waals surface area contributed by atoms with Gasteiger partial charge in [-0.25, -0.2) is 0 Å². The van der Waals surface area contributed by atoms with Crippen LogP contribution in [0.1, 0.15) is 264 Å². The monoisotopic (exact) mass is 1140 g/mol. The molecule has 6 N–H and O–H groups in total. The molecule has 7 atom stereocenters. The van der Waals surface area contributed by atoms with Crippen LogP contribution in [0.2, 0.25) is 0 Å². The van der Waals surface area contributed by atoms with Crippen LogP contribution in [0.4, 0.5) is 0 Å². The first-order valence-electron chi connectivity index (χ1n) is 33.4. The van der Waals surface area contributed by atoms with E-state index in [2.05, 4.69) is 141 Å². The lowest BCUT2D eigenvalue weighted by molar-refractivity contribution is -0.302. The molecule has 0 aromatic carbocycles. The van der Waals surface area contributed by atoms with E-state index in [1.807, 2.05) is 6.08 Å². The zero-order valence-corrected chi connectivity index (χ0v) is 52.2. The molecule has 468 valence electrons. The molecule has 1 heterocycles. The van der Waals surface area contributed by atoms with Crippen molar-refractivity contribution in [3.05, 3.63) is 134 Å². The van der Waals surface area contributed by atoms with Gasteiger partial charge in [-0.3, -0.25) is 4.79 Å². The third-order valence-corrected chi connectivity index (χ3v) is 15.0. The first-order valence-corrected chi connectivity index (χ1v) is 33.4. The van der Waals surface area contributed by atoms with Gasteiger partial charge in [-0.15, -0.1) is 0 Å². The third kappa shape index (κ3) is 48.7. The molecule has 1 amide bonds. The highest BCUT2D eigenvalue weighted by atomic mass is 16.7. The third-order valence-electron chi connectivity index (χ3n) is 15.0. The molecule has 0 aliphatic carbocycles. The van der Waals surface area contributed by atoms with Gasteiger partial charge < -0.3 is 40.3 Å². The molecule has 0 radical (unpaired) electrons. The van der Waals surface area contributed by atoms with E-state index >= 15 is 0 Å². The van der Waals surface area contributed by atoms with Gasteiger partial charge >= 0.3 is 0 Å². The van der Waals surface area contributed by atoms with E-state index in [-0.39, 0.29) is 18.9 Å². The van der Waals surface area contributed by atoms with Crippen molar-refractivity contribution >= 4 is 5.91 Å². The Morgan fingerprint density at radius 1 is 0.427 bits per heavy atom. The lowest BCUT2D eigenvalue weighted by Gasteiger charge is -2.40. The molecule has 9 heteroatoms. The highest BCUT2D eigenvalue weighted by Gasteiger charge is 2.44. The molecular weight excluding hydrogens is 1020 g/mol. The van der Waals surface area contributed by atoms with Gasteiger partial charge in [0.05, 0.1) is 25.4 Å². The highest BCUT2D eigenvalue weighted by Crippen LogP contribution is 2.23. The maximum atomic E-state index is 13.1. The van der Waals surface area contributed by atoms with E-state index in [4.69, 9.17) is 9.47 Å². The molecule has 0 bridgehead atoms. The van der Waals surface area contributed by atoms with Crippen molar-refractivity contribution in [2.45, 2.75) is 307 Å². The van der Waals surface area contributed by atoms with E-state index in [0.717, 1.165) is 83.5 Å². The van der Waals surface area contributed by atoms with Crippen LogP contribution in [-0.4, -0.2) is 87.5 Å². The lowest BCUT2D eigenvalue weighted by Crippen LogP contribution is -2.60. The molecule has 82 heavy (non-hydrogen) atoms. The second-order valence-electron chi connectivity index (χ2n) is 22.5. The summed E-state index contributed by atoms with van der Waals surface area (Å²) in [6.45, 7) is 3.63. The van der Waals surface area contributed by atoms with Crippen LogP contribution in [0.3, 0.4) is 0 Å². The van der Waals surface area contributed by atoms with Crippen molar-refractivity contribution in [2.75, 3.05) is 13.2 Å². The second-order valence-corrected chi connectivity index (χ2v) is 22.5. The Kier molecular flexibility index (Phi) is 56.3. The predicted octanol–water partition coefficient (Wildman–Crippen LogP) is 18.0. The maximum Gasteiger partial charge on any atom is 0.220 e. The van der Waals surface area contributed by atoms with Crippen LogP contribution in [0.5, 0.6) is 0 Å². The summed E-state index contributed by atoms with van der Waals surface area (Å²) >= 11 is 0. The molecule has 7 unspecified atom stereocenters. The number of ether oxygens (including phenoxy) is 2. The van der Waals surface area contributed by atoms with Crippen molar-refractivity contribution in [1.82, 2.24) is 5.32 Å². The zero-order chi connectivity index (χ0) is 59.3. The number of unbranched alkanes of at least 4 members (excludes halogenated alkanes) is 26. The highest BCUT2D eigenvalue weighted by molar-refractivity contribution is 5.76. The topological polar surface area (TPSA) is 149 Å². The Bertz CT molecular complexity index is 1750. The van der Waals surface area contributed by atoms with Crippen LogP contribution >= 0.6 is 0 Å². The van der Waals surface area contributed by atoms with Crippen LogP contribution in [-0.2, 0) is 14.3 Å². The molecule has 9 nitrogen and oxygen atoms in total. The molecule has 0 aromatic heterocycles. The standard InChI is InChI=1S/C73H123NO8/c1-3-5-7-9-11-13-15-17-19-21-23-25-27-29-31-33-35-36-38-40-42-44-46-48-50-52-54-56-58-60-62-67(76)66(65-81-73-72(80)71(79)70(78)68(64-75)82-73)74-69(77)63-61-59-57-55-53-51-49-47-45-43-41-39-37-34-32-30-28-26-24-22-20-18-16-14-12-10-8-6-4-2/h6,8,12,14,18,20,24,26,30,32,37,39,43,45,49,51-52,54-55,57,60,62,66-68,70-73,75-76,78-80H,3-5,7,9-11,13,15-17,19,21-23,25,27-29,31,33-36,38,40-42,44,46-48,50,53,56,58-59,61,63-65H2,1-2H3,(H,74,77)/b8-6-,14-12-,20-18-,26-24-,32-30-,39-37-,45-43-,51-49-,54-52+,57-55-,62-60+. The van der Waals surface area contributed by atoms with E-state index in [1.165, 1.54) is 154 Å². The quantitative estimate of drug-likeness (QED) is 0.0261. The number of aliphatic hydroxyl groups excluding tert-OH is 5. The van der Waals surface area contributed by atoms with Gasteiger partial charge in [0.2, 0.25) is 5.91 Å². The number of hydrogen-bond donors (Lipinski definition) is 6. The number of hydrogen-bond acceptors (Lipinski definition) is 8. The van der Waals surface area contributed by atoms with Crippen molar-refractivity contribution in [3.63, 3.8) is 0 Å². The van der Waals surface area contributed by atoms with Crippen LogP contribution < -0.4 is 5.32 Å². The Hall–Kier alpha value is -3.67. The SMILES string of the molecule is CC/C=C\C/C=C\C/C=C\C/C=C\C/C=C\C/C=C\C/C=C\C/C=C\C/C=C\CCCC(=O)NC(COC1OC(CO)C(O)C(O)C1O)C(O)/C=C/CC/C=C/CCCCCCCCCCCCCCCCCCCCCCCCCC. The minimum Gasteiger partial charge on any atom is -0.394 e. The van der Waals surface area contributed by atoms with Gasteiger partial charge in [0.1, 0.15) is 24.4 Å². The summed E-state index contributed by atoms with van der Waals surface area (Å²) in [5.41, 5.74) is 0. The Morgan fingerprint density at radius 3 is 1.17 bits per heavy atom. The van der Waals surface area contributed by atoms with Crippen LogP contribution in [0.25, 0.3) is 0 Å². The number of rotatable bonds is 56. The molecule has 1 rings (SSSR count). The number of carbonyl (C=O) groups is 1. The van der Waals surface area contributed by atoms with Gasteiger partial charge in [0.15, 0.2) is 6.29 Å². The molecule has 1 aliphatic rings. The summed E-state index contributed by atoms with van der Waals surface area (Å²) in [7, 11) is 0. The number of amides is 1. The largest absolute Gasteiger partial charge is 0.394 e. The number of nitrogens with one attached hydrogen (secondary N) is 1. The number of allylic oxidation sites excluding steroid dienone is 21. The molecule has 1 aliphatic heterocycles. The average Bonchev–Trinajstić information content (AvgIpc) is 3.57. The summed E-state index contributed by atoms with van der Waals surface area (Å²) < 4.78 is 11.3. The first-order chi connectivity index (χ1) is 40.3. The molecular formula is C73H123NO8. The maximum absolute atomic E-state index is 13.1. The Morgan fingerprint density at radius 2 is 0.768 bits per heavy atom. The second kappa shape index (κ2) is 60.5. The molecule has 0 aromatic rings. The summed E-state index contributed by atoms with van der Waals surface area (Å²) in [6, 6.07) is -0.865. The summed E-state index contributed by atoms with van der Waals surface area (Å²) in [4.78, 5) is 13.1. The minimum absolute atomic E-state index is 0.233. The van der Waals surface area contributed by atoms with E-state index in [9.17, 15) is 30.3 Å². The van der Waals surface area contributed by atoms with Gasteiger partial charge in [0, 0.05) is 6.42 Å². The average molecular weight is 1140 g/mol. The van der Waals surface area contributed by atoms with Gasteiger partial charge in [-0.2, -0.15) is 0 Å². The molecule has 0 saturated carbocycles. The van der Waals surface area contributed by atoms with Crippen molar-refractivity contribution in [2.24, 2.45) is 0 Å². The first kappa shape index (κ1) is 76.3. The summed E-state index contributed by atoms with van der Waals surface area (Å²) in [5, 5.41) is 54.6. The van der Waals surface area contributed by atoms with Crippen molar-refractivity contribution in [3.8, 4) is 0 Å². The Balaban J connectivity index is 2.25. The number of aliphatic hydroxyl groups is 5. The zero-order valence-electron chi connectivity index (χ0n) is 52.2. The number of carbonyl (C=O) groups excluding carboxylic acids is 1. The molecule has 0 spiro atoms. The van der Waals surface area contributed by atoms with E-state index < -0.39 is 49.5 Å². The van der Waals surface area contributed by atoms with Gasteiger partial charge in [-0.05, 0) is 96.3 Å². The van der Waals surface area contributed by atoms with Gasteiger partial charge in [-0.1, -0.05) is 295 Å². The summed E-state index contributed by atoms with van der Waals surface area (Å²) in [6.07, 6.45) is 85.5. The van der Waals surface area contributed by atoms with Crippen molar-refractivity contribution in [1.29, 1.82) is 0 Å². The van der Waals surface area contributed by atoms with Crippen LogP contribution in [0.15, 0.2) is 134 Å². The fourth-order valence-corrected chi connectivity index (χ4v) is 9.76. The predicted molar refractivity (Wildman–Crippen MR) is 350 cm³/mol. The minimum atomic E-state index is -1.59. The fraction of sp³-hybridized carbons (Fsp3) is 0.685. The summed E-state index contributed by atoms with van der Waals surface area (Å²) in [5.74, 6) is -0.248. The van der Waals surface area contributed by atoms with Gasteiger partial charge in [0.25, 0.3) is 0 Å². The van der Waals surface area contributed by atoms with E-state index in [1.54, 1.807) is 6.08 Å². The van der Waals surface area contributed by atoms with Crippen molar-refractivity contribution < 1.29 is 39.8 Å². The fourth-order valence-electron chi connectivity index (χ4n) is 9.76.